The first kappa shape index (κ1) is 24.3. The van der Waals surface area contributed by atoms with E-state index in [0.29, 0.717) is 34.8 Å². The fourth-order valence-electron chi connectivity index (χ4n) is 3.60. The number of hydrogen-bond donors (Lipinski definition) is 3. The first-order valence-electron chi connectivity index (χ1n) is 10.7. The largest absolute Gasteiger partial charge is 0.463 e. The molecule has 3 rings (SSSR count). The number of carbonyl (C=O) groups excluding carboxylic acids is 3. The van der Waals surface area contributed by atoms with E-state index < -0.39 is 18.0 Å². The maximum Gasteiger partial charge on any atom is 0.338 e. The van der Waals surface area contributed by atoms with Gasteiger partial charge in [-0.1, -0.05) is 31.2 Å². The van der Waals surface area contributed by atoms with Gasteiger partial charge in [-0.3, -0.25) is 4.90 Å². The standard InChI is InChI=1S/C24H27BrN4O4/c1-4-14-29-15(3)20(22(30)33-5-2)21(28-24(29)32)16-10-12-17(13-11-16)26-23(31)27-19-9-7-6-8-18(19)25/h6-13,21H,4-5,14H2,1-3H3,(H,28,32)(H2,26,27,31)/t21-/m1/s1. The lowest BCUT2D eigenvalue weighted by molar-refractivity contribution is -0.139. The number of carbonyl (C=O) groups is 3. The van der Waals surface area contributed by atoms with Gasteiger partial charge in [0.15, 0.2) is 0 Å². The number of ether oxygens (including phenoxy) is 1. The summed E-state index contributed by atoms with van der Waals surface area (Å²) in [6.45, 7) is 6.21. The molecular formula is C24H27BrN4O4. The van der Waals surface area contributed by atoms with Crippen molar-refractivity contribution in [1.82, 2.24) is 10.2 Å². The number of amides is 4. The summed E-state index contributed by atoms with van der Waals surface area (Å²) < 4.78 is 6.04. The molecule has 0 saturated carbocycles. The Bertz CT molecular complexity index is 1070. The topological polar surface area (TPSA) is 99.8 Å². The van der Waals surface area contributed by atoms with Crippen LogP contribution in [0.5, 0.6) is 0 Å². The van der Waals surface area contributed by atoms with Crippen LogP contribution in [-0.2, 0) is 9.53 Å². The number of allylic oxidation sites excluding steroid dienone is 1. The molecule has 2 aromatic carbocycles. The monoisotopic (exact) mass is 514 g/mol. The summed E-state index contributed by atoms with van der Waals surface area (Å²) in [6.07, 6.45) is 0.757. The summed E-state index contributed by atoms with van der Waals surface area (Å²) in [4.78, 5) is 39.3. The van der Waals surface area contributed by atoms with Crippen molar-refractivity contribution < 1.29 is 19.1 Å². The molecule has 0 saturated heterocycles. The Hall–Kier alpha value is -3.33. The van der Waals surface area contributed by atoms with Crippen LogP contribution in [0.15, 0.2) is 64.3 Å². The van der Waals surface area contributed by atoms with Crippen molar-refractivity contribution in [1.29, 1.82) is 0 Å². The van der Waals surface area contributed by atoms with Crippen LogP contribution in [-0.4, -0.2) is 36.1 Å². The van der Waals surface area contributed by atoms with Gasteiger partial charge in [-0.15, -0.1) is 0 Å². The molecular weight excluding hydrogens is 488 g/mol. The lowest BCUT2D eigenvalue weighted by atomic mass is 9.94. The molecule has 0 bridgehead atoms. The Labute approximate surface area is 201 Å². The van der Waals surface area contributed by atoms with Crippen LogP contribution in [0, 0.1) is 0 Å². The normalized spacial score (nSPS) is 15.7. The highest BCUT2D eigenvalue weighted by Crippen LogP contribution is 2.32. The molecule has 174 valence electrons. The fourth-order valence-corrected chi connectivity index (χ4v) is 3.99. The van der Waals surface area contributed by atoms with Crippen molar-refractivity contribution in [3.05, 3.63) is 69.8 Å². The molecule has 3 N–H and O–H groups in total. The van der Waals surface area contributed by atoms with Gasteiger partial charge >= 0.3 is 18.0 Å². The number of para-hydroxylation sites is 1. The van der Waals surface area contributed by atoms with E-state index in [1.165, 1.54) is 0 Å². The van der Waals surface area contributed by atoms with E-state index in [-0.39, 0.29) is 12.6 Å². The van der Waals surface area contributed by atoms with E-state index in [1.807, 2.05) is 25.1 Å². The summed E-state index contributed by atoms with van der Waals surface area (Å²) in [6, 6.07) is 13.0. The third kappa shape index (κ3) is 5.73. The van der Waals surface area contributed by atoms with Gasteiger partial charge in [-0.05, 0) is 66.0 Å². The molecule has 1 aliphatic rings. The smallest absolute Gasteiger partial charge is 0.338 e. The van der Waals surface area contributed by atoms with E-state index in [2.05, 4.69) is 31.9 Å². The average Bonchev–Trinajstić information content (AvgIpc) is 2.78. The minimum Gasteiger partial charge on any atom is -0.463 e. The van der Waals surface area contributed by atoms with Crippen molar-refractivity contribution in [3.63, 3.8) is 0 Å². The minimum absolute atomic E-state index is 0.236. The molecule has 1 heterocycles. The van der Waals surface area contributed by atoms with Crippen LogP contribution >= 0.6 is 15.9 Å². The van der Waals surface area contributed by atoms with E-state index >= 15 is 0 Å². The third-order valence-corrected chi connectivity index (χ3v) is 5.85. The second-order valence-corrected chi connectivity index (χ2v) is 8.29. The number of halogens is 1. The predicted octanol–water partition coefficient (Wildman–Crippen LogP) is 5.41. The van der Waals surface area contributed by atoms with Crippen LogP contribution in [0.4, 0.5) is 21.0 Å². The molecule has 0 radical (unpaired) electrons. The highest BCUT2D eigenvalue weighted by Gasteiger charge is 2.36. The van der Waals surface area contributed by atoms with E-state index in [1.54, 1.807) is 49.1 Å². The molecule has 1 aliphatic heterocycles. The Morgan fingerprint density at radius 3 is 2.42 bits per heavy atom. The van der Waals surface area contributed by atoms with E-state index in [0.717, 1.165) is 10.9 Å². The van der Waals surface area contributed by atoms with Crippen molar-refractivity contribution in [2.24, 2.45) is 0 Å². The summed E-state index contributed by atoms with van der Waals surface area (Å²) in [7, 11) is 0. The van der Waals surface area contributed by atoms with Gasteiger partial charge in [0.2, 0.25) is 0 Å². The van der Waals surface area contributed by atoms with Crippen LogP contribution in [0.3, 0.4) is 0 Å². The number of esters is 1. The molecule has 4 amide bonds. The number of nitrogens with zero attached hydrogens (tertiary/aromatic N) is 1. The molecule has 33 heavy (non-hydrogen) atoms. The highest BCUT2D eigenvalue weighted by molar-refractivity contribution is 9.10. The van der Waals surface area contributed by atoms with Gasteiger partial charge in [0.05, 0.1) is 23.9 Å². The molecule has 8 nitrogen and oxygen atoms in total. The van der Waals surface area contributed by atoms with Crippen molar-refractivity contribution in [3.8, 4) is 0 Å². The van der Waals surface area contributed by atoms with Gasteiger partial charge in [0.1, 0.15) is 0 Å². The van der Waals surface area contributed by atoms with Crippen molar-refractivity contribution >= 4 is 45.3 Å². The van der Waals surface area contributed by atoms with Gasteiger partial charge in [-0.25, -0.2) is 14.4 Å². The number of nitrogens with one attached hydrogen (secondary N) is 3. The van der Waals surface area contributed by atoms with Gasteiger partial charge in [0, 0.05) is 22.4 Å². The van der Waals surface area contributed by atoms with Gasteiger partial charge in [0.25, 0.3) is 0 Å². The second kappa shape index (κ2) is 11.0. The molecule has 9 heteroatoms. The summed E-state index contributed by atoms with van der Waals surface area (Å²) >= 11 is 3.39. The molecule has 0 aliphatic carbocycles. The Morgan fingerprint density at radius 2 is 1.79 bits per heavy atom. The number of benzene rings is 2. The average molecular weight is 515 g/mol. The summed E-state index contributed by atoms with van der Waals surface area (Å²) in [5, 5.41) is 8.46. The first-order chi connectivity index (χ1) is 15.8. The van der Waals surface area contributed by atoms with E-state index in [9.17, 15) is 14.4 Å². The SMILES string of the molecule is CCCN1C(=O)N[C@H](c2ccc(NC(=O)Nc3ccccc3Br)cc2)C(C(=O)OCC)=C1C. The minimum atomic E-state index is -0.646. The number of hydrogen-bond acceptors (Lipinski definition) is 4. The molecule has 0 aromatic heterocycles. The molecule has 1 atom stereocenters. The zero-order chi connectivity index (χ0) is 24.0. The van der Waals surface area contributed by atoms with Gasteiger partial charge < -0.3 is 20.7 Å². The lowest BCUT2D eigenvalue weighted by Gasteiger charge is -2.35. The second-order valence-electron chi connectivity index (χ2n) is 7.43. The van der Waals surface area contributed by atoms with Crippen LogP contribution in [0.1, 0.15) is 38.8 Å². The zero-order valence-corrected chi connectivity index (χ0v) is 20.4. The first-order valence-corrected chi connectivity index (χ1v) is 11.5. The zero-order valence-electron chi connectivity index (χ0n) is 18.8. The quantitative estimate of drug-likeness (QED) is 0.430. The van der Waals surface area contributed by atoms with Crippen LogP contribution in [0.2, 0.25) is 0 Å². The van der Waals surface area contributed by atoms with Crippen LogP contribution < -0.4 is 16.0 Å². The maximum absolute atomic E-state index is 12.7. The van der Waals surface area contributed by atoms with Crippen molar-refractivity contribution in [2.45, 2.75) is 33.2 Å². The van der Waals surface area contributed by atoms with Crippen molar-refractivity contribution in [2.75, 3.05) is 23.8 Å². The predicted molar refractivity (Wildman–Crippen MR) is 131 cm³/mol. The summed E-state index contributed by atoms with van der Waals surface area (Å²) in [5.74, 6) is -0.462. The maximum atomic E-state index is 12.7. The Balaban J connectivity index is 1.80. The third-order valence-electron chi connectivity index (χ3n) is 5.16. The molecule has 0 fully saturated rings. The number of rotatable bonds is 7. The molecule has 2 aromatic rings. The van der Waals surface area contributed by atoms with E-state index in [4.69, 9.17) is 4.74 Å². The lowest BCUT2D eigenvalue weighted by Crippen LogP contribution is -2.48. The summed E-state index contributed by atoms with van der Waals surface area (Å²) in [5.41, 5.74) is 2.90. The Morgan fingerprint density at radius 1 is 1.09 bits per heavy atom. The van der Waals surface area contributed by atoms with Gasteiger partial charge in [-0.2, -0.15) is 0 Å². The molecule has 0 spiro atoms. The highest BCUT2D eigenvalue weighted by atomic mass is 79.9. The molecule has 0 unspecified atom stereocenters. The van der Waals surface area contributed by atoms with Crippen LogP contribution in [0.25, 0.3) is 0 Å². The number of urea groups is 2. The Kier molecular flexibility index (Phi) is 8.11. The number of anilines is 2. The fraction of sp³-hybridized carbons (Fsp3) is 0.292.